The Kier molecular flexibility index (Phi) is 2.80. The number of nitrogens with zero attached hydrogens (tertiary/aromatic N) is 3. The van der Waals surface area contributed by atoms with Gasteiger partial charge < -0.3 is 10.1 Å². The molecule has 0 fully saturated rings. The molecule has 0 amide bonds. The Morgan fingerprint density at radius 2 is 2.19 bits per heavy atom. The Balaban J connectivity index is 1.75. The molecule has 3 aromatic heterocycles. The lowest BCUT2D eigenvalue weighted by Gasteiger charge is -1.96. The smallest absolute Gasteiger partial charge is 0.212 e. The van der Waals surface area contributed by atoms with Gasteiger partial charge in [0.2, 0.25) is 4.96 Å². The maximum absolute atomic E-state index is 9.41. The normalized spacial score (nSPS) is 11.7. The van der Waals surface area contributed by atoms with E-state index in [4.69, 9.17) is 0 Å². The van der Waals surface area contributed by atoms with Gasteiger partial charge in [0.05, 0.1) is 18.0 Å². The lowest BCUT2D eigenvalue weighted by molar-refractivity contribution is 0.273. The second-order valence-electron chi connectivity index (χ2n) is 5.03. The number of fused-ring (bicyclic) bond motifs is 2. The van der Waals surface area contributed by atoms with Gasteiger partial charge in [0, 0.05) is 23.5 Å². The minimum atomic E-state index is -0.0384. The number of aryl methyl sites for hydroxylation is 1. The number of benzene rings is 1. The summed E-state index contributed by atoms with van der Waals surface area (Å²) < 4.78 is 1.75. The Labute approximate surface area is 124 Å². The van der Waals surface area contributed by atoms with Gasteiger partial charge in [0.15, 0.2) is 0 Å². The largest absolute Gasteiger partial charge is 0.390 e. The van der Waals surface area contributed by atoms with Crippen molar-refractivity contribution in [3.8, 4) is 0 Å². The first-order valence-electron chi connectivity index (χ1n) is 6.76. The monoisotopic (exact) mass is 298 g/mol. The third-order valence-electron chi connectivity index (χ3n) is 3.70. The summed E-state index contributed by atoms with van der Waals surface area (Å²) in [5, 5.41) is 16.2. The quantitative estimate of drug-likeness (QED) is 0.611. The van der Waals surface area contributed by atoms with E-state index in [0.29, 0.717) is 0 Å². The van der Waals surface area contributed by atoms with E-state index in [1.165, 1.54) is 10.9 Å². The molecule has 0 unspecified atom stereocenters. The van der Waals surface area contributed by atoms with E-state index in [-0.39, 0.29) is 6.61 Å². The molecular weight excluding hydrogens is 284 g/mol. The predicted molar refractivity (Wildman–Crippen MR) is 82.6 cm³/mol. The Bertz CT molecular complexity index is 934. The minimum Gasteiger partial charge on any atom is -0.390 e. The van der Waals surface area contributed by atoms with E-state index in [1.54, 1.807) is 15.9 Å². The fourth-order valence-electron chi connectivity index (χ4n) is 2.62. The molecule has 106 valence electrons. The van der Waals surface area contributed by atoms with Gasteiger partial charge in [0.1, 0.15) is 5.01 Å². The summed E-state index contributed by atoms with van der Waals surface area (Å²) in [5.74, 6) is 0. The third-order valence-corrected chi connectivity index (χ3v) is 4.61. The van der Waals surface area contributed by atoms with Crippen molar-refractivity contribution in [2.75, 3.05) is 0 Å². The molecule has 0 radical (unpaired) electrons. The van der Waals surface area contributed by atoms with Crippen LogP contribution in [0, 0.1) is 6.92 Å². The molecule has 4 rings (SSSR count). The second-order valence-corrected chi connectivity index (χ2v) is 6.07. The van der Waals surface area contributed by atoms with Crippen LogP contribution < -0.4 is 0 Å². The molecule has 0 aliphatic heterocycles. The molecule has 3 heterocycles. The van der Waals surface area contributed by atoms with Crippen molar-refractivity contribution in [1.29, 1.82) is 0 Å². The SMILES string of the molecule is Cc1nc2sc(Cc3c[nH]c4ccccc34)nn2c1CO. The number of imidazole rings is 1. The van der Waals surface area contributed by atoms with Crippen LogP contribution in [0.15, 0.2) is 30.5 Å². The van der Waals surface area contributed by atoms with Crippen LogP contribution in [0.4, 0.5) is 0 Å². The van der Waals surface area contributed by atoms with Crippen LogP contribution in [0.1, 0.15) is 22.0 Å². The van der Waals surface area contributed by atoms with Crippen LogP contribution >= 0.6 is 11.3 Å². The van der Waals surface area contributed by atoms with Crippen LogP contribution in [-0.2, 0) is 13.0 Å². The number of aromatic amines is 1. The van der Waals surface area contributed by atoms with Crippen molar-refractivity contribution in [2.24, 2.45) is 0 Å². The minimum absolute atomic E-state index is 0.0384. The topological polar surface area (TPSA) is 66.2 Å². The Morgan fingerprint density at radius 1 is 1.33 bits per heavy atom. The van der Waals surface area contributed by atoms with Gasteiger partial charge in [-0.25, -0.2) is 9.50 Å². The van der Waals surface area contributed by atoms with Gasteiger partial charge in [0.25, 0.3) is 0 Å². The summed E-state index contributed by atoms with van der Waals surface area (Å²) in [6.45, 7) is 1.86. The van der Waals surface area contributed by atoms with E-state index in [9.17, 15) is 5.11 Å². The first-order valence-corrected chi connectivity index (χ1v) is 7.57. The summed E-state index contributed by atoms with van der Waals surface area (Å²) in [6, 6.07) is 8.25. The predicted octanol–water partition coefficient (Wildman–Crippen LogP) is 2.66. The molecule has 0 aliphatic rings. The van der Waals surface area contributed by atoms with E-state index in [0.717, 1.165) is 33.3 Å². The van der Waals surface area contributed by atoms with Crippen molar-refractivity contribution in [2.45, 2.75) is 20.0 Å². The van der Waals surface area contributed by atoms with E-state index in [1.807, 2.05) is 25.3 Å². The number of rotatable bonds is 3. The number of H-pyrrole nitrogens is 1. The van der Waals surface area contributed by atoms with Crippen LogP contribution in [0.25, 0.3) is 15.9 Å². The highest BCUT2D eigenvalue weighted by Gasteiger charge is 2.14. The highest BCUT2D eigenvalue weighted by Crippen LogP contribution is 2.24. The number of aromatic nitrogens is 4. The highest BCUT2D eigenvalue weighted by atomic mass is 32.1. The van der Waals surface area contributed by atoms with Crippen LogP contribution in [-0.4, -0.2) is 24.7 Å². The molecule has 5 nitrogen and oxygen atoms in total. The number of hydrogen-bond acceptors (Lipinski definition) is 4. The average molecular weight is 298 g/mol. The number of nitrogens with one attached hydrogen (secondary N) is 1. The van der Waals surface area contributed by atoms with Crippen molar-refractivity contribution in [1.82, 2.24) is 19.6 Å². The number of hydrogen-bond donors (Lipinski definition) is 2. The van der Waals surface area contributed by atoms with Crippen molar-refractivity contribution in [3.05, 3.63) is 52.4 Å². The summed E-state index contributed by atoms with van der Waals surface area (Å²) in [7, 11) is 0. The highest BCUT2D eigenvalue weighted by molar-refractivity contribution is 7.16. The van der Waals surface area contributed by atoms with Gasteiger partial charge in [-0.3, -0.25) is 0 Å². The number of aliphatic hydroxyl groups excluding tert-OH is 1. The van der Waals surface area contributed by atoms with Gasteiger partial charge in [-0.2, -0.15) is 5.10 Å². The molecule has 0 saturated heterocycles. The van der Waals surface area contributed by atoms with E-state index in [2.05, 4.69) is 27.2 Å². The lowest BCUT2D eigenvalue weighted by Crippen LogP contribution is -1.96. The van der Waals surface area contributed by atoms with Gasteiger partial charge in [-0.1, -0.05) is 29.5 Å². The summed E-state index contributed by atoms with van der Waals surface area (Å²) >= 11 is 1.57. The molecule has 6 heteroatoms. The third kappa shape index (κ3) is 1.95. The lowest BCUT2D eigenvalue weighted by atomic mass is 10.1. The van der Waals surface area contributed by atoms with Crippen LogP contribution in [0.2, 0.25) is 0 Å². The second kappa shape index (κ2) is 4.68. The first-order chi connectivity index (χ1) is 10.3. The van der Waals surface area contributed by atoms with Crippen LogP contribution in [0.3, 0.4) is 0 Å². The maximum atomic E-state index is 9.41. The zero-order valence-electron chi connectivity index (χ0n) is 11.5. The average Bonchev–Trinajstić information content (AvgIpc) is 3.12. The molecule has 0 atom stereocenters. The molecule has 1 aromatic carbocycles. The van der Waals surface area contributed by atoms with E-state index >= 15 is 0 Å². The maximum Gasteiger partial charge on any atom is 0.212 e. The molecule has 21 heavy (non-hydrogen) atoms. The summed E-state index contributed by atoms with van der Waals surface area (Å²) in [6.07, 6.45) is 2.80. The fraction of sp³-hybridized carbons (Fsp3) is 0.200. The van der Waals surface area contributed by atoms with Gasteiger partial charge in [-0.15, -0.1) is 0 Å². The Morgan fingerprint density at radius 3 is 3.05 bits per heavy atom. The molecule has 0 saturated carbocycles. The zero-order chi connectivity index (χ0) is 14.4. The molecule has 0 bridgehead atoms. The standard InChI is InChI=1S/C15H14N4OS/c1-9-13(8-20)19-15(17-9)21-14(18-19)6-10-7-16-12-5-3-2-4-11(10)12/h2-5,7,16,20H,6,8H2,1H3. The Hall–Kier alpha value is -2.18. The summed E-state index contributed by atoms with van der Waals surface area (Å²) in [4.78, 5) is 8.57. The van der Waals surface area contributed by atoms with Gasteiger partial charge >= 0.3 is 0 Å². The fourth-order valence-corrected chi connectivity index (χ4v) is 3.61. The first kappa shape index (κ1) is 12.6. The van der Waals surface area contributed by atoms with Crippen molar-refractivity contribution in [3.63, 3.8) is 0 Å². The molecule has 4 aromatic rings. The van der Waals surface area contributed by atoms with Crippen molar-refractivity contribution >= 4 is 27.2 Å². The van der Waals surface area contributed by atoms with Crippen molar-refractivity contribution < 1.29 is 5.11 Å². The number of para-hydroxylation sites is 1. The zero-order valence-corrected chi connectivity index (χ0v) is 12.3. The molecule has 0 spiro atoms. The molecular formula is C15H14N4OS. The van der Waals surface area contributed by atoms with Gasteiger partial charge in [-0.05, 0) is 18.6 Å². The molecule has 0 aliphatic carbocycles. The molecule has 2 N–H and O–H groups in total. The number of aliphatic hydroxyl groups is 1. The summed E-state index contributed by atoms with van der Waals surface area (Å²) in [5.41, 5.74) is 3.98. The van der Waals surface area contributed by atoms with Crippen LogP contribution in [0.5, 0.6) is 0 Å². The van der Waals surface area contributed by atoms with E-state index < -0.39 is 0 Å².